The van der Waals surface area contributed by atoms with Gasteiger partial charge in [-0.2, -0.15) is 0 Å². The lowest BCUT2D eigenvalue weighted by atomic mass is 10.2. The first kappa shape index (κ1) is 18.7. The van der Waals surface area contributed by atoms with Crippen molar-refractivity contribution in [1.82, 2.24) is 5.32 Å². The smallest absolute Gasteiger partial charge is 0.250 e. The quantitative estimate of drug-likeness (QED) is 0.216. The number of quaternary nitrogens is 1. The van der Waals surface area contributed by atoms with Crippen molar-refractivity contribution in [2.45, 2.75) is 26.4 Å². The van der Waals surface area contributed by atoms with Crippen molar-refractivity contribution >= 4 is 5.91 Å². The van der Waals surface area contributed by atoms with Gasteiger partial charge in [0, 0.05) is 12.0 Å². The first-order chi connectivity index (χ1) is 7.47. The van der Waals surface area contributed by atoms with Crippen molar-refractivity contribution in [3.05, 3.63) is 12.2 Å². The minimum Gasteiger partial charge on any atom is -1.00 e. The lowest BCUT2D eigenvalue weighted by molar-refractivity contribution is -0.999. The topological polar surface area (TPSA) is 89.8 Å². The molecule has 17 heavy (non-hydrogen) atoms. The van der Waals surface area contributed by atoms with Crippen LogP contribution >= 0.6 is 0 Å². The lowest BCUT2D eigenvalue weighted by Gasteiger charge is -2.39. The molecule has 0 saturated carbocycles. The number of carbonyl (C=O) groups excluding carboxylic acids is 1. The van der Waals surface area contributed by atoms with Crippen LogP contribution in [0.3, 0.4) is 0 Å². The molecule has 0 aliphatic carbocycles. The number of nitrogens with one attached hydrogen (secondary N) is 1. The zero-order valence-corrected chi connectivity index (χ0v) is 10.9. The molecule has 0 radical (unpaired) electrons. The summed E-state index contributed by atoms with van der Waals surface area (Å²) in [6.45, 7) is 5.48. The molecule has 0 aromatic heterocycles. The summed E-state index contributed by atoms with van der Waals surface area (Å²) in [5.41, 5.74) is 0.338. The summed E-state index contributed by atoms with van der Waals surface area (Å²) in [4.78, 5) is 11.4. The van der Waals surface area contributed by atoms with Gasteiger partial charge in [-0.3, -0.25) is 4.79 Å². The van der Waals surface area contributed by atoms with E-state index in [-0.39, 0.29) is 18.3 Å². The normalized spacial score (nSPS) is 12.5. The molecule has 0 spiro atoms. The van der Waals surface area contributed by atoms with Crippen LogP contribution in [0.15, 0.2) is 12.2 Å². The van der Waals surface area contributed by atoms with E-state index >= 15 is 0 Å². The van der Waals surface area contributed by atoms with Crippen LogP contribution < -0.4 is 17.7 Å². The van der Waals surface area contributed by atoms with Crippen molar-refractivity contribution in [2.24, 2.45) is 0 Å². The summed E-state index contributed by atoms with van der Waals surface area (Å²) in [6.07, 6.45) is -0.0788. The maximum absolute atomic E-state index is 11.4. The molecule has 4 N–H and O–H groups in total. The fraction of sp³-hybridized carbons (Fsp3) is 0.700. The van der Waals surface area contributed by atoms with Crippen molar-refractivity contribution in [2.75, 3.05) is 20.2 Å². The van der Waals surface area contributed by atoms with Crippen molar-refractivity contribution in [3.8, 4) is 0 Å². The highest BCUT2D eigenvalue weighted by atomic mass is 35.5. The molecule has 7 heteroatoms. The molecule has 0 aliphatic rings. The third-order valence-corrected chi connectivity index (χ3v) is 2.58. The third-order valence-electron chi connectivity index (χ3n) is 2.58. The van der Waals surface area contributed by atoms with E-state index < -0.39 is 30.8 Å². The Morgan fingerprint density at radius 1 is 1.29 bits per heavy atom. The Morgan fingerprint density at radius 3 is 1.94 bits per heavy atom. The van der Waals surface area contributed by atoms with Crippen molar-refractivity contribution in [1.29, 1.82) is 0 Å². The molecule has 0 heterocycles. The Hall–Kier alpha value is -0.660. The minimum absolute atomic E-state index is 0. The summed E-state index contributed by atoms with van der Waals surface area (Å²) in [7, 11) is 0. The molecule has 1 amide bonds. The van der Waals surface area contributed by atoms with E-state index in [1.807, 2.05) is 0 Å². The van der Waals surface area contributed by atoms with Crippen LogP contribution in [-0.2, 0) is 4.79 Å². The van der Waals surface area contributed by atoms with Gasteiger partial charge in [-0.15, -0.1) is 0 Å². The molecule has 102 valence electrons. The van der Waals surface area contributed by atoms with Gasteiger partial charge in [0.2, 0.25) is 0 Å². The maximum Gasteiger partial charge on any atom is 0.250 e. The molecule has 0 aromatic rings. The van der Waals surface area contributed by atoms with E-state index in [2.05, 4.69) is 11.9 Å². The largest absolute Gasteiger partial charge is 1.00 e. The number of nitrogens with zero attached hydrogens (tertiary/aromatic N) is 1. The van der Waals surface area contributed by atoms with Crippen LogP contribution in [0, 0.1) is 0 Å². The summed E-state index contributed by atoms with van der Waals surface area (Å²) in [6, 6.07) is 0. The number of carbonyl (C=O) groups is 1. The minimum atomic E-state index is -0.552. The molecular formula is C10H21ClN2O4. The fourth-order valence-corrected chi connectivity index (χ4v) is 1.33. The van der Waals surface area contributed by atoms with Crippen LogP contribution in [0.25, 0.3) is 0 Å². The second-order valence-electron chi connectivity index (χ2n) is 3.82. The highest BCUT2D eigenvalue weighted by Gasteiger charge is 2.35. The van der Waals surface area contributed by atoms with Gasteiger partial charge in [0.1, 0.15) is 0 Å². The fourth-order valence-electron chi connectivity index (χ4n) is 1.33. The van der Waals surface area contributed by atoms with Gasteiger partial charge in [0.15, 0.2) is 26.4 Å². The second-order valence-corrected chi connectivity index (χ2v) is 3.82. The number of aliphatic hydroxyl groups excluding tert-OH is 3. The van der Waals surface area contributed by atoms with Crippen LogP contribution in [-0.4, -0.2) is 52.1 Å². The van der Waals surface area contributed by atoms with Gasteiger partial charge in [0.25, 0.3) is 5.91 Å². The highest BCUT2D eigenvalue weighted by molar-refractivity contribution is 5.92. The molecule has 6 nitrogen and oxygen atoms in total. The van der Waals surface area contributed by atoms with Gasteiger partial charge in [-0.25, -0.2) is 4.48 Å². The van der Waals surface area contributed by atoms with Crippen LogP contribution in [0.2, 0.25) is 0 Å². The average Bonchev–Trinajstić information content (AvgIpc) is 2.29. The Labute approximate surface area is 108 Å². The number of rotatable bonds is 7. The first-order valence-corrected chi connectivity index (χ1v) is 5.12. The third kappa shape index (κ3) is 4.61. The molecule has 0 aromatic carbocycles. The van der Waals surface area contributed by atoms with Gasteiger partial charge < -0.3 is 33.0 Å². The van der Waals surface area contributed by atoms with Crippen molar-refractivity contribution in [3.63, 3.8) is 0 Å². The maximum atomic E-state index is 11.4. The lowest BCUT2D eigenvalue weighted by Crippen LogP contribution is -3.00. The molecule has 0 saturated heterocycles. The predicted molar refractivity (Wildman–Crippen MR) is 58.6 cm³/mol. The van der Waals surface area contributed by atoms with Gasteiger partial charge in [-0.1, -0.05) is 13.5 Å². The zero-order valence-electron chi connectivity index (χ0n) is 10.2. The van der Waals surface area contributed by atoms with E-state index in [1.165, 1.54) is 0 Å². The number of amides is 1. The molecule has 1 unspecified atom stereocenters. The van der Waals surface area contributed by atoms with Gasteiger partial charge >= 0.3 is 0 Å². The van der Waals surface area contributed by atoms with Crippen molar-refractivity contribution < 1.29 is 37.0 Å². The number of hydrogen-bond acceptors (Lipinski definition) is 4. The monoisotopic (exact) mass is 268 g/mol. The Morgan fingerprint density at radius 2 is 1.71 bits per heavy atom. The molecular weight excluding hydrogens is 248 g/mol. The summed E-state index contributed by atoms with van der Waals surface area (Å²) >= 11 is 0. The van der Waals surface area contributed by atoms with Crippen LogP contribution in [0.1, 0.15) is 20.3 Å². The van der Waals surface area contributed by atoms with E-state index in [0.29, 0.717) is 12.0 Å². The summed E-state index contributed by atoms with van der Waals surface area (Å²) < 4.78 is -0.393. The van der Waals surface area contributed by atoms with Gasteiger partial charge in [0.05, 0.1) is 0 Å². The number of aliphatic hydroxyl groups is 3. The average molecular weight is 269 g/mol. The zero-order chi connectivity index (χ0) is 12.8. The number of halogens is 1. The second kappa shape index (κ2) is 8.43. The SMILES string of the molecule is C=C(C)C(=O)NC(CC)[N+](CO)(CO)CO.[Cl-]. The van der Waals surface area contributed by atoms with Crippen LogP contribution in [0.5, 0.6) is 0 Å². The van der Waals surface area contributed by atoms with E-state index in [9.17, 15) is 20.1 Å². The Balaban J connectivity index is 0. The molecule has 0 aliphatic heterocycles. The predicted octanol–water partition coefficient (Wildman–Crippen LogP) is -3.91. The van der Waals surface area contributed by atoms with E-state index in [0.717, 1.165) is 0 Å². The Kier molecular flexibility index (Phi) is 9.28. The summed E-state index contributed by atoms with van der Waals surface area (Å²) in [5.74, 6) is -0.357. The molecule has 1 atom stereocenters. The molecule has 0 bridgehead atoms. The first-order valence-electron chi connectivity index (χ1n) is 5.12. The van der Waals surface area contributed by atoms with Crippen LogP contribution in [0.4, 0.5) is 0 Å². The molecule has 0 fully saturated rings. The number of hydrogen-bond donors (Lipinski definition) is 4. The molecule has 0 rings (SSSR count). The summed E-state index contributed by atoms with van der Waals surface area (Å²) in [5, 5.41) is 30.2. The van der Waals surface area contributed by atoms with Gasteiger partial charge in [-0.05, 0) is 6.92 Å². The Bertz CT molecular complexity index is 248. The highest BCUT2D eigenvalue weighted by Crippen LogP contribution is 2.12. The van der Waals surface area contributed by atoms with E-state index in [1.54, 1.807) is 13.8 Å². The van der Waals surface area contributed by atoms with E-state index in [4.69, 9.17) is 0 Å². The standard InChI is InChI=1S/C10H20N2O4.ClH/c1-4-9(11-10(16)8(2)3)12(5-13,6-14)7-15;/h9,13-15H,2,4-7H2,1,3H3;1H.